The van der Waals surface area contributed by atoms with E-state index in [0.29, 0.717) is 24.4 Å². The van der Waals surface area contributed by atoms with Crippen molar-refractivity contribution in [1.82, 2.24) is 29.4 Å². The number of pyridine rings is 1. The average Bonchev–Trinajstić information content (AvgIpc) is 3.30. The topological polar surface area (TPSA) is 76.8 Å². The quantitative estimate of drug-likeness (QED) is 0.424. The summed E-state index contributed by atoms with van der Waals surface area (Å²) in [5.41, 5.74) is 3.85. The van der Waals surface area contributed by atoms with E-state index in [0.717, 1.165) is 54.3 Å². The molecule has 0 saturated carbocycles. The maximum atomic E-state index is 13.5. The van der Waals surface area contributed by atoms with E-state index in [1.165, 1.54) is 12.1 Å². The van der Waals surface area contributed by atoms with Gasteiger partial charge in [-0.15, -0.1) is 0 Å². The molecule has 1 unspecified atom stereocenters. The number of hydrogen-bond acceptors (Lipinski definition) is 5. The number of aryl methyl sites for hydroxylation is 1. The van der Waals surface area contributed by atoms with Crippen molar-refractivity contribution in [3.63, 3.8) is 0 Å². The number of hydrogen-bond donors (Lipinski definition) is 0. The van der Waals surface area contributed by atoms with Crippen molar-refractivity contribution in [3.05, 3.63) is 95.7 Å². The van der Waals surface area contributed by atoms with Gasteiger partial charge < -0.3 is 9.47 Å². The van der Waals surface area contributed by atoms with Gasteiger partial charge in [-0.05, 0) is 55.0 Å². The second kappa shape index (κ2) is 10.1. The maximum absolute atomic E-state index is 13.5. The van der Waals surface area contributed by atoms with Crippen LogP contribution in [0.4, 0.5) is 4.39 Å². The number of benzene rings is 1. The van der Waals surface area contributed by atoms with Crippen LogP contribution in [-0.2, 0) is 19.9 Å². The number of carbonyl (C=O) groups excluding carboxylic acids is 1. The molecule has 35 heavy (non-hydrogen) atoms. The first-order valence-electron chi connectivity index (χ1n) is 11.8. The first-order valence-corrected chi connectivity index (χ1v) is 11.8. The van der Waals surface area contributed by atoms with Crippen LogP contribution in [0.25, 0.3) is 11.5 Å². The SMILES string of the molecule is Cn1ccnc1-c1cncc(CC2CCCN(C(=O)c3ccnc(Cc4cccc(F)c4)c3)C2)n1. The molecular weight excluding hydrogens is 443 g/mol. The zero-order chi connectivity index (χ0) is 24.2. The highest BCUT2D eigenvalue weighted by Gasteiger charge is 2.25. The van der Waals surface area contributed by atoms with E-state index in [-0.39, 0.29) is 11.7 Å². The highest BCUT2D eigenvalue weighted by atomic mass is 19.1. The van der Waals surface area contributed by atoms with Crippen LogP contribution in [0, 0.1) is 11.7 Å². The number of aromatic nitrogens is 5. The molecule has 0 spiro atoms. The van der Waals surface area contributed by atoms with Crippen molar-refractivity contribution in [2.45, 2.75) is 25.7 Å². The van der Waals surface area contributed by atoms with Gasteiger partial charge in [0, 0.05) is 62.6 Å². The van der Waals surface area contributed by atoms with Crippen LogP contribution in [-0.4, -0.2) is 48.4 Å². The lowest BCUT2D eigenvalue weighted by Crippen LogP contribution is -2.40. The second-order valence-corrected chi connectivity index (χ2v) is 9.06. The Morgan fingerprint density at radius 1 is 1.11 bits per heavy atom. The normalized spacial score (nSPS) is 15.8. The lowest BCUT2D eigenvalue weighted by molar-refractivity contribution is 0.0672. The molecule has 1 aliphatic heterocycles. The van der Waals surface area contributed by atoms with Crippen LogP contribution in [0.2, 0.25) is 0 Å². The second-order valence-electron chi connectivity index (χ2n) is 9.06. The number of rotatable bonds is 6. The average molecular weight is 471 g/mol. The fourth-order valence-electron chi connectivity index (χ4n) is 4.68. The van der Waals surface area contributed by atoms with Crippen LogP contribution in [0.1, 0.15) is 40.2 Å². The highest BCUT2D eigenvalue weighted by molar-refractivity contribution is 5.94. The van der Waals surface area contributed by atoms with Gasteiger partial charge in [0.05, 0.1) is 11.9 Å². The molecule has 4 heterocycles. The standard InChI is InChI=1S/C27H27FN6O/c1-33-11-9-31-26(33)25-17-29-16-24(32-25)14-20-5-3-10-34(18-20)27(35)21-7-8-30-23(15-21)13-19-4-2-6-22(28)12-19/h2,4,6-9,11-12,15-17,20H,3,5,10,13-14,18H2,1H3. The van der Waals surface area contributed by atoms with E-state index in [1.54, 1.807) is 36.9 Å². The van der Waals surface area contributed by atoms with Crippen LogP contribution < -0.4 is 0 Å². The van der Waals surface area contributed by atoms with E-state index in [2.05, 4.69) is 15.0 Å². The Morgan fingerprint density at radius 2 is 2.03 bits per heavy atom. The molecule has 0 radical (unpaired) electrons. The largest absolute Gasteiger partial charge is 0.338 e. The van der Waals surface area contributed by atoms with Crippen molar-refractivity contribution in [2.24, 2.45) is 13.0 Å². The van der Waals surface area contributed by atoms with Crippen LogP contribution in [0.5, 0.6) is 0 Å². The summed E-state index contributed by atoms with van der Waals surface area (Å²) in [6, 6.07) is 10.0. The third kappa shape index (κ3) is 5.42. The summed E-state index contributed by atoms with van der Waals surface area (Å²) in [6.07, 6.45) is 12.0. The molecule has 1 fully saturated rings. The molecular formula is C27H27FN6O. The number of piperidine rings is 1. The first-order chi connectivity index (χ1) is 17.0. The van der Waals surface area contributed by atoms with Gasteiger partial charge in [0.2, 0.25) is 0 Å². The van der Waals surface area contributed by atoms with Crippen LogP contribution in [0.3, 0.4) is 0 Å². The Balaban J connectivity index is 1.26. The van der Waals surface area contributed by atoms with Gasteiger partial charge in [-0.1, -0.05) is 12.1 Å². The van der Waals surface area contributed by atoms with Gasteiger partial charge in [0.25, 0.3) is 5.91 Å². The highest BCUT2D eigenvalue weighted by Crippen LogP contribution is 2.23. The van der Waals surface area contributed by atoms with Gasteiger partial charge >= 0.3 is 0 Å². The van der Waals surface area contributed by atoms with Crippen molar-refractivity contribution >= 4 is 5.91 Å². The van der Waals surface area contributed by atoms with Crippen LogP contribution in [0.15, 0.2) is 67.4 Å². The monoisotopic (exact) mass is 470 g/mol. The van der Waals surface area contributed by atoms with Gasteiger partial charge in [0.1, 0.15) is 11.5 Å². The lowest BCUT2D eigenvalue weighted by atomic mass is 9.93. The minimum atomic E-state index is -0.274. The van der Waals surface area contributed by atoms with Crippen molar-refractivity contribution in [3.8, 4) is 11.5 Å². The smallest absolute Gasteiger partial charge is 0.253 e. The third-order valence-corrected chi connectivity index (χ3v) is 6.38. The molecule has 0 aliphatic carbocycles. The number of nitrogens with zero attached hydrogens (tertiary/aromatic N) is 6. The molecule has 8 heteroatoms. The zero-order valence-electron chi connectivity index (χ0n) is 19.6. The van der Waals surface area contributed by atoms with Gasteiger partial charge in [0.15, 0.2) is 5.82 Å². The minimum absolute atomic E-state index is 0.00503. The molecule has 1 aliphatic rings. The Hall–Kier alpha value is -3.94. The summed E-state index contributed by atoms with van der Waals surface area (Å²) in [6.45, 7) is 1.41. The Labute approximate surface area is 203 Å². The van der Waals surface area contributed by atoms with Crippen molar-refractivity contribution < 1.29 is 9.18 Å². The van der Waals surface area contributed by atoms with Gasteiger partial charge in [-0.3, -0.25) is 14.8 Å². The molecule has 3 aromatic heterocycles. The summed E-state index contributed by atoms with van der Waals surface area (Å²) < 4.78 is 15.5. The summed E-state index contributed by atoms with van der Waals surface area (Å²) >= 11 is 0. The number of likely N-dealkylation sites (tertiary alicyclic amines) is 1. The number of halogens is 1. The molecule has 7 nitrogen and oxygen atoms in total. The maximum Gasteiger partial charge on any atom is 0.253 e. The fraction of sp³-hybridized carbons (Fsp3) is 0.296. The van der Waals surface area contributed by atoms with Crippen molar-refractivity contribution in [2.75, 3.05) is 13.1 Å². The molecule has 4 aromatic rings. The Morgan fingerprint density at radius 3 is 2.86 bits per heavy atom. The first kappa shape index (κ1) is 22.8. The fourth-order valence-corrected chi connectivity index (χ4v) is 4.68. The Bertz CT molecular complexity index is 1340. The van der Waals surface area contributed by atoms with E-state index in [1.807, 2.05) is 34.8 Å². The van der Waals surface area contributed by atoms with E-state index >= 15 is 0 Å². The minimum Gasteiger partial charge on any atom is -0.338 e. The number of carbonyl (C=O) groups is 1. The summed E-state index contributed by atoms with van der Waals surface area (Å²) in [7, 11) is 1.93. The summed E-state index contributed by atoms with van der Waals surface area (Å²) in [4.78, 5) is 33.1. The molecule has 1 saturated heterocycles. The Kier molecular flexibility index (Phi) is 6.61. The zero-order valence-corrected chi connectivity index (χ0v) is 19.6. The van der Waals surface area contributed by atoms with Gasteiger partial charge in [-0.2, -0.15) is 0 Å². The molecule has 1 amide bonds. The molecule has 178 valence electrons. The third-order valence-electron chi connectivity index (χ3n) is 6.38. The molecule has 1 aromatic carbocycles. The van der Waals surface area contributed by atoms with Gasteiger partial charge in [-0.25, -0.2) is 14.4 Å². The van der Waals surface area contributed by atoms with E-state index in [9.17, 15) is 9.18 Å². The lowest BCUT2D eigenvalue weighted by Gasteiger charge is -2.32. The van der Waals surface area contributed by atoms with Crippen LogP contribution >= 0.6 is 0 Å². The molecule has 1 atom stereocenters. The predicted molar refractivity (Wildman–Crippen MR) is 130 cm³/mol. The van der Waals surface area contributed by atoms with E-state index < -0.39 is 0 Å². The van der Waals surface area contributed by atoms with E-state index in [4.69, 9.17) is 4.98 Å². The number of amides is 1. The molecule has 5 rings (SSSR count). The van der Waals surface area contributed by atoms with Crippen molar-refractivity contribution in [1.29, 1.82) is 0 Å². The molecule has 0 N–H and O–H groups in total. The summed E-state index contributed by atoms with van der Waals surface area (Å²) in [5.74, 6) is 0.827. The summed E-state index contributed by atoms with van der Waals surface area (Å²) in [5, 5.41) is 0. The molecule has 0 bridgehead atoms. The predicted octanol–water partition coefficient (Wildman–Crippen LogP) is 4.10. The number of imidazole rings is 1.